The molecule has 0 spiro atoms. The zero-order valence-electron chi connectivity index (χ0n) is 11.8. The normalized spacial score (nSPS) is 10.3. The van der Waals surface area contributed by atoms with Gasteiger partial charge in [-0.25, -0.2) is 0 Å². The van der Waals surface area contributed by atoms with Gasteiger partial charge in [0.1, 0.15) is 5.75 Å². The minimum Gasteiger partial charge on any atom is -0.496 e. The Labute approximate surface area is 122 Å². The minimum atomic E-state index is -0.417. The maximum absolute atomic E-state index is 10.9. The summed E-state index contributed by atoms with van der Waals surface area (Å²) in [5, 5.41) is 14.1. The van der Waals surface area contributed by atoms with Crippen LogP contribution in [0.1, 0.15) is 11.3 Å². The summed E-state index contributed by atoms with van der Waals surface area (Å²) in [5.74, 6) is 0.491. The molecule has 0 aliphatic heterocycles. The lowest BCUT2D eigenvalue weighted by Gasteiger charge is -2.07. The summed E-state index contributed by atoms with van der Waals surface area (Å²) in [5.41, 5.74) is 1.87. The van der Waals surface area contributed by atoms with Gasteiger partial charge in [0.2, 0.25) is 0 Å². The zero-order chi connectivity index (χ0) is 15.1. The number of nitro benzene ring substituents is 1. The quantitative estimate of drug-likeness (QED) is 0.480. The molecule has 2 aromatic rings. The molecule has 1 aromatic heterocycles. The first-order chi connectivity index (χ1) is 10.2. The molecule has 6 heteroatoms. The van der Waals surface area contributed by atoms with E-state index in [1.165, 1.54) is 13.2 Å². The molecule has 6 nitrogen and oxygen atoms in total. The van der Waals surface area contributed by atoms with Crippen LogP contribution in [-0.4, -0.2) is 23.6 Å². The summed E-state index contributed by atoms with van der Waals surface area (Å²) in [4.78, 5) is 14.7. The van der Waals surface area contributed by atoms with Crippen LogP contribution in [0.3, 0.4) is 0 Å². The van der Waals surface area contributed by atoms with Crippen molar-refractivity contribution >= 4 is 5.69 Å². The van der Waals surface area contributed by atoms with E-state index in [9.17, 15) is 10.1 Å². The predicted octanol–water partition coefficient (Wildman–Crippen LogP) is 2.33. The number of aromatic nitrogens is 1. The molecule has 1 aromatic carbocycles. The van der Waals surface area contributed by atoms with Gasteiger partial charge in [-0.1, -0.05) is 6.07 Å². The minimum absolute atomic E-state index is 0.0378. The molecule has 0 radical (unpaired) electrons. The molecule has 1 heterocycles. The Hall–Kier alpha value is -2.47. The third-order valence-electron chi connectivity index (χ3n) is 3.01. The number of nitrogens with one attached hydrogen (secondary N) is 1. The van der Waals surface area contributed by atoms with E-state index in [0.717, 1.165) is 24.2 Å². The second-order valence-corrected chi connectivity index (χ2v) is 4.54. The molecular weight excluding hydrogens is 270 g/mol. The third kappa shape index (κ3) is 4.54. The van der Waals surface area contributed by atoms with Crippen molar-refractivity contribution in [2.45, 2.75) is 13.0 Å². The van der Waals surface area contributed by atoms with E-state index in [-0.39, 0.29) is 5.69 Å². The molecule has 0 saturated carbocycles. The molecule has 0 amide bonds. The molecule has 0 aliphatic carbocycles. The van der Waals surface area contributed by atoms with Crippen LogP contribution < -0.4 is 10.1 Å². The van der Waals surface area contributed by atoms with Gasteiger partial charge in [0.25, 0.3) is 5.69 Å². The number of non-ortho nitro benzene ring substituents is 1. The third-order valence-corrected chi connectivity index (χ3v) is 3.01. The van der Waals surface area contributed by atoms with E-state index in [4.69, 9.17) is 4.74 Å². The summed E-state index contributed by atoms with van der Waals surface area (Å²) in [6.45, 7) is 1.30. The molecule has 0 atom stereocenters. The number of methoxy groups -OCH3 is 1. The summed E-state index contributed by atoms with van der Waals surface area (Å²) >= 11 is 0. The van der Waals surface area contributed by atoms with Gasteiger partial charge in [-0.05, 0) is 23.8 Å². The van der Waals surface area contributed by atoms with Crippen molar-refractivity contribution < 1.29 is 9.66 Å². The summed E-state index contributed by atoms with van der Waals surface area (Å²) in [6, 6.07) is 10.6. The van der Waals surface area contributed by atoms with Gasteiger partial charge in [0, 0.05) is 37.5 Å². The van der Waals surface area contributed by atoms with Crippen molar-refractivity contribution in [1.29, 1.82) is 0 Å². The van der Waals surface area contributed by atoms with Crippen LogP contribution >= 0.6 is 0 Å². The predicted molar refractivity (Wildman–Crippen MR) is 79.3 cm³/mol. The highest BCUT2D eigenvalue weighted by Crippen LogP contribution is 2.22. The number of ether oxygens (including phenoxy) is 1. The van der Waals surface area contributed by atoms with Crippen molar-refractivity contribution in [2.75, 3.05) is 13.7 Å². The van der Waals surface area contributed by atoms with E-state index in [0.29, 0.717) is 12.3 Å². The number of nitrogens with zero attached hydrogens (tertiary/aromatic N) is 2. The average Bonchev–Trinajstić information content (AvgIpc) is 2.52. The van der Waals surface area contributed by atoms with Gasteiger partial charge < -0.3 is 10.1 Å². The highest BCUT2D eigenvalue weighted by Gasteiger charge is 2.09. The molecule has 0 aliphatic rings. The number of nitro groups is 1. The molecule has 2 rings (SSSR count). The Morgan fingerprint density at radius 2 is 2.19 bits per heavy atom. The van der Waals surface area contributed by atoms with Crippen molar-refractivity contribution in [3.8, 4) is 5.75 Å². The van der Waals surface area contributed by atoms with Crippen molar-refractivity contribution in [3.05, 3.63) is 64.0 Å². The topological polar surface area (TPSA) is 77.3 Å². The van der Waals surface area contributed by atoms with E-state index < -0.39 is 4.92 Å². The van der Waals surface area contributed by atoms with Crippen molar-refractivity contribution in [1.82, 2.24) is 10.3 Å². The van der Waals surface area contributed by atoms with E-state index in [2.05, 4.69) is 10.3 Å². The highest BCUT2D eigenvalue weighted by atomic mass is 16.6. The fraction of sp³-hybridized carbons (Fsp3) is 0.267. The lowest BCUT2D eigenvalue weighted by molar-refractivity contribution is -0.385. The zero-order valence-corrected chi connectivity index (χ0v) is 11.8. The fourth-order valence-electron chi connectivity index (χ4n) is 1.96. The molecular formula is C15H17N3O3. The van der Waals surface area contributed by atoms with Crippen molar-refractivity contribution in [2.24, 2.45) is 0 Å². The Morgan fingerprint density at radius 3 is 2.86 bits per heavy atom. The number of hydrogen-bond donors (Lipinski definition) is 1. The molecule has 110 valence electrons. The molecule has 0 fully saturated rings. The fourth-order valence-corrected chi connectivity index (χ4v) is 1.96. The Kier molecular flexibility index (Phi) is 5.22. The number of rotatable bonds is 7. The van der Waals surface area contributed by atoms with E-state index in [1.807, 2.05) is 18.2 Å². The van der Waals surface area contributed by atoms with Crippen LogP contribution in [0.2, 0.25) is 0 Å². The highest BCUT2D eigenvalue weighted by molar-refractivity contribution is 5.42. The van der Waals surface area contributed by atoms with Gasteiger partial charge in [-0.3, -0.25) is 15.1 Å². The summed E-state index contributed by atoms with van der Waals surface area (Å²) in [6.07, 6.45) is 2.58. The smallest absolute Gasteiger partial charge is 0.273 e. The van der Waals surface area contributed by atoms with Crippen LogP contribution in [0.15, 0.2) is 42.6 Å². The van der Waals surface area contributed by atoms with Crippen molar-refractivity contribution in [3.63, 3.8) is 0 Å². The average molecular weight is 287 g/mol. The lowest BCUT2D eigenvalue weighted by atomic mass is 10.2. The molecule has 0 saturated heterocycles. The van der Waals surface area contributed by atoms with E-state index in [1.54, 1.807) is 18.3 Å². The second kappa shape index (κ2) is 7.35. The first-order valence-corrected chi connectivity index (χ1v) is 6.62. The largest absolute Gasteiger partial charge is 0.496 e. The van der Waals surface area contributed by atoms with E-state index >= 15 is 0 Å². The molecule has 0 unspecified atom stereocenters. The summed E-state index contributed by atoms with van der Waals surface area (Å²) < 4.78 is 5.08. The Bertz CT molecular complexity index is 602. The van der Waals surface area contributed by atoms with Gasteiger partial charge in [0.15, 0.2) is 0 Å². The number of pyridine rings is 1. The maximum atomic E-state index is 10.9. The molecule has 1 N–H and O–H groups in total. The number of benzene rings is 1. The van der Waals surface area contributed by atoms with Gasteiger partial charge in [-0.2, -0.15) is 0 Å². The lowest BCUT2D eigenvalue weighted by Crippen LogP contribution is -2.17. The van der Waals surface area contributed by atoms with Gasteiger partial charge >= 0.3 is 0 Å². The number of hydrogen-bond acceptors (Lipinski definition) is 5. The van der Waals surface area contributed by atoms with Gasteiger partial charge in [0.05, 0.1) is 18.1 Å². The maximum Gasteiger partial charge on any atom is 0.273 e. The molecule has 0 bridgehead atoms. The monoisotopic (exact) mass is 287 g/mol. The van der Waals surface area contributed by atoms with Crippen LogP contribution in [-0.2, 0) is 13.0 Å². The SMILES string of the molecule is COc1cc(CNCCc2ccccn2)cc([N+](=O)[O-])c1. The van der Waals surface area contributed by atoms with Crippen LogP contribution in [0, 0.1) is 10.1 Å². The summed E-state index contributed by atoms with van der Waals surface area (Å²) in [7, 11) is 1.50. The first kappa shape index (κ1) is 14.9. The van der Waals surface area contributed by atoms with Crippen LogP contribution in [0.5, 0.6) is 5.75 Å². The second-order valence-electron chi connectivity index (χ2n) is 4.54. The Morgan fingerprint density at radius 1 is 1.33 bits per heavy atom. The standard InChI is InChI=1S/C15H17N3O3/c1-21-15-9-12(8-14(10-15)18(19)20)11-16-7-5-13-4-2-3-6-17-13/h2-4,6,8-10,16H,5,7,11H2,1H3. The first-order valence-electron chi connectivity index (χ1n) is 6.62. The van der Waals surface area contributed by atoms with Crippen LogP contribution in [0.4, 0.5) is 5.69 Å². The Balaban J connectivity index is 1.90. The van der Waals surface area contributed by atoms with Gasteiger partial charge in [-0.15, -0.1) is 0 Å². The van der Waals surface area contributed by atoms with Crippen LogP contribution in [0.25, 0.3) is 0 Å². The molecule has 21 heavy (non-hydrogen) atoms.